The summed E-state index contributed by atoms with van der Waals surface area (Å²) >= 11 is 0. The molecule has 4 heteroatoms. The second-order valence-electron chi connectivity index (χ2n) is 5.20. The minimum atomic E-state index is -0.479. The first-order valence-corrected chi connectivity index (χ1v) is 6.64. The summed E-state index contributed by atoms with van der Waals surface area (Å²) in [6.07, 6.45) is -0.479. The van der Waals surface area contributed by atoms with Crippen molar-refractivity contribution in [3.8, 4) is 5.75 Å². The zero-order valence-electron chi connectivity index (χ0n) is 12.7. The van der Waals surface area contributed by atoms with Gasteiger partial charge in [0.15, 0.2) is 0 Å². The Kier molecular flexibility index (Phi) is 6.28. The summed E-state index contributed by atoms with van der Waals surface area (Å²) in [5.41, 5.74) is 3.13. The number of nitrogens with zero attached hydrogens (tertiary/aromatic N) is 1. The van der Waals surface area contributed by atoms with Gasteiger partial charge in [-0.1, -0.05) is 0 Å². The standard InChI is InChI=1S/C15H26N2O2/c1-11-8-13(19-5)9-12(2)15(11)14(18)10-16-6-7-17(3)4/h8-9,14,16,18H,6-7,10H2,1-5H3. The molecule has 1 rings (SSSR count). The molecule has 0 saturated carbocycles. The number of aryl methyl sites for hydroxylation is 2. The summed E-state index contributed by atoms with van der Waals surface area (Å²) in [6, 6.07) is 3.93. The molecule has 1 unspecified atom stereocenters. The molecule has 4 nitrogen and oxygen atoms in total. The Morgan fingerprint density at radius 2 is 1.84 bits per heavy atom. The Bertz CT molecular complexity index is 382. The van der Waals surface area contributed by atoms with E-state index in [-0.39, 0.29) is 0 Å². The van der Waals surface area contributed by atoms with Crippen molar-refractivity contribution in [1.82, 2.24) is 10.2 Å². The summed E-state index contributed by atoms with van der Waals surface area (Å²) < 4.78 is 5.23. The number of likely N-dealkylation sites (N-methyl/N-ethyl adjacent to an activating group) is 1. The summed E-state index contributed by atoms with van der Waals surface area (Å²) in [7, 11) is 5.73. The van der Waals surface area contributed by atoms with E-state index >= 15 is 0 Å². The molecule has 0 aliphatic carbocycles. The van der Waals surface area contributed by atoms with Gasteiger partial charge in [0.25, 0.3) is 0 Å². The average Bonchev–Trinajstić information content (AvgIpc) is 2.33. The summed E-state index contributed by atoms with van der Waals surface area (Å²) in [6.45, 7) is 6.43. The number of nitrogens with one attached hydrogen (secondary N) is 1. The third-order valence-electron chi connectivity index (χ3n) is 3.21. The molecule has 0 amide bonds. The van der Waals surface area contributed by atoms with Crippen molar-refractivity contribution in [3.63, 3.8) is 0 Å². The van der Waals surface area contributed by atoms with Crippen LogP contribution in [0.3, 0.4) is 0 Å². The van der Waals surface area contributed by atoms with Crippen LogP contribution in [0.5, 0.6) is 5.75 Å². The molecule has 0 aromatic heterocycles. The highest BCUT2D eigenvalue weighted by atomic mass is 16.5. The van der Waals surface area contributed by atoms with E-state index in [4.69, 9.17) is 4.74 Å². The first-order chi connectivity index (χ1) is 8.95. The van der Waals surface area contributed by atoms with Gasteiger partial charge in [-0.25, -0.2) is 0 Å². The maximum absolute atomic E-state index is 10.3. The smallest absolute Gasteiger partial charge is 0.119 e. The highest BCUT2D eigenvalue weighted by Crippen LogP contribution is 2.26. The molecule has 0 aliphatic heterocycles. The van der Waals surface area contributed by atoms with E-state index in [1.54, 1.807) is 7.11 Å². The van der Waals surface area contributed by atoms with Crippen molar-refractivity contribution < 1.29 is 9.84 Å². The maximum atomic E-state index is 10.3. The fourth-order valence-corrected chi connectivity index (χ4v) is 2.22. The van der Waals surface area contributed by atoms with Crippen LogP contribution < -0.4 is 10.1 Å². The number of ether oxygens (including phenoxy) is 1. The molecule has 0 saturated heterocycles. The van der Waals surface area contributed by atoms with Crippen LogP contribution in [0.15, 0.2) is 12.1 Å². The lowest BCUT2D eigenvalue weighted by Gasteiger charge is -2.19. The molecule has 0 bridgehead atoms. The fraction of sp³-hybridized carbons (Fsp3) is 0.600. The summed E-state index contributed by atoms with van der Waals surface area (Å²) in [5.74, 6) is 0.839. The lowest BCUT2D eigenvalue weighted by molar-refractivity contribution is 0.172. The molecular formula is C15H26N2O2. The van der Waals surface area contributed by atoms with E-state index in [1.807, 2.05) is 40.1 Å². The molecular weight excluding hydrogens is 240 g/mol. The van der Waals surface area contributed by atoms with E-state index in [2.05, 4.69) is 10.2 Å². The Labute approximate surface area is 116 Å². The maximum Gasteiger partial charge on any atom is 0.119 e. The van der Waals surface area contributed by atoms with Gasteiger partial charge < -0.3 is 20.1 Å². The first kappa shape index (κ1) is 16.0. The van der Waals surface area contributed by atoms with E-state index < -0.39 is 6.10 Å². The fourth-order valence-electron chi connectivity index (χ4n) is 2.22. The predicted molar refractivity (Wildman–Crippen MR) is 78.9 cm³/mol. The molecule has 0 radical (unpaired) electrons. The Morgan fingerprint density at radius 1 is 1.26 bits per heavy atom. The Hall–Kier alpha value is -1.10. The zero-order chi connectivity index (χ0) is 14.4. The highest BCUT2D eigenvalue weighted by molar-refractivity contribution is 5.42. The topological polar surface area (TPSA) is 44.7 Å². The highest BCUT2D eigenvalue weighted by Gasteiger charge is 2.14. The van der Waals surface area contributed by atoms with Crippen LogP contribution in [0.1, 0.15) is 22.8 Å². The largest absolute Gasteiger partial charge is 0.497 e. The summed E-state index contributed by atoms with van der Waals surface area (Å²) in [5, 5.41) is 13.6. The van der Waals surface area contributed by atoms with Gasteiger partial charge in [-0.3, -0.25) is 0 Å². The van der Waals surface area contributed by atoms with E-state index in [0.717, 1.165) is 35.5 Å². The van der Waals surface area contributed by atoms with Crippen molar-refractivity contribution in [2.24, 2.45) is 0 Å². The quantitative estimate of drug-likeness (QED) is 0.734. The Morgan fingerprint density at radius 3 is 2.32 bits per heavy atom. The van der Waals surface area contributed by atoms with Crippen molar-refractivity contribution in [1.29, 1.82) is 0 Å². The second-order valence-corrected chi connectivity index (χ2v) is 5.20. The van der Waals surface area contributed by atoms with Crippen LogP contribution in [0.2, 0.25) is 0 Å². The van der Waals surface area contributed by atoms with Crippen LogP contribution in [-0.4, -0.2) is 50.8 Å². The van der Waals surface area contributed by atoms with Crippen molar-refractivity contribution in [2.45, 2.75) is 20.0 Å². The minimum Gasteiger partial charge on any atom is -0.497 e. The van der Waals surface area contributed by atoms with Crippen LogP contribution in [0.25, 0.3) is 0 Å². The van der Waals surface area contributed by atoms with Gasteiger partial charge in [0.2, 0.25) is 0 Å². The molecule has 0 spiro atoms. The predicted octanol–water partition coefficient (Wildman–Crippen LogP) is 1.50. The first-order valence-electron chi connectivity index (χ1n) is 6.64. The van der Waals surface area contributed by atoms with Crippen LogP contribution in [0.4, 0.5) is 0 Å². The van der Waals surface area contributed by atoms with Gasteiger partial charge in [0.05, 0.1) is 13.2 Å². The number of rotatable bonds is 7. The van der Waals surface area contributed by atoms with Crippen molar-refractivity contribution in [2.75, 3.05) is 40.8 Å². The number of hydrogen-bond acceptors (Lipinski definition) is 4. The number of benzene rings is 1. The molecule has 108 valence electrons. The lowest BCUT2D eigenvalue weighted by atomic mass is 9.97. The molecule has 19 heavy (non-hydrogen) atoms. The van der Waals surface area contributed by atoms with Gasteiger partial charge in [-0.05, 0) is 56.8 Å². The molecule has 0 fully saturated rings. The zero-order valence-corrected chi connectivity index (χ0v) is 12.7. The SMILES string of the molecule is COc1cc(C)c(C(O)CNCCN(C)C)c(C)c1. The van der Waals surface area contributed by atoms with E-state index in [0.29, 0.717) is 6.54 Å². The number of hydrogen-bond donors (Lipinski definition) is 2. The van der Waals surface area contributed by atoms with Gasteiger partial charge in [0, 0.05) is 19.6 Å². The van der Waals surface area contributed by atoms with Crippen LogP contribution in [-0.2, 0) is 0 Å². The number of aliphatic hydroxyl groups excluding tert-OH is 1. The Balaban J connectivity index is 2.64. The van der Waals surface area contributed by atoms with Crippen molar-refractivity contribution in [3.05, 3.63) is 28.8 Å². The third-order valence-corrected chi connectivity index (χ3v) is 3.21. The summed E-state index contributed by atoms with van der Waals surface area (Å²) in [4.78, 5) is 2.11. The number of methoxy groups -OCH3 is 1. The van der Waals surface area contributed by atoms with Crippen LogP contribution >= 0.6 is 0 Å². The molecule has 0 aliphatic rings. The molecule has 2 N–H and O–H groups in total. The van der Waals surface area contributed by atoms with E-state index in [9.17, 15) is 5.11 Å². The molecule has 1 aromatic rings. The van der Waals surface area contributed by atoms with Gasteiger partial charge in [-0.2, -0.15) is 0 Å². The number of aliphatic hydroxyl groups is 1. The lowest BCUT2D eigenvalue weighted by Crippen LogP contribution is -2.30. The van der Waals surface area contributed by atoms with Crippen LogP contribution in [0, 0.1) is 13.8 Å². The normalized spacial score (nSPS) is 12.8. The molecule has 0 heterocycles. The molecule has 1 aromatic carbocycles. The monoisotopic (exact) mass is 266 g/mol. The van der Waals surface area contributed by atoms with Gasteiger partial charge >= 0.3 is 0 Å². The van der Waals surface area contributed by atoms with Gasteiger partial charge in [-0.15, -0.1) is 0 Å². The molecule has 1 atom stereocenters. The second kappa shape index (κ2) is 7.48. The third kappa shape index (κ3) is 4.82. The van der Waals surface area contributed by atoms with Crippen molar-refractivity contribution >= 4 is 0 Å². The van der Waals surface area contributed by atoms with E-state index in [1.165, 1.54) is 0 Å². The average molecular weight is 266 g/mol. The minimum absolute atomic E-state index is 0.479. The van der Waals surface area contributed by atoms with Gasteiger partial charge in [0.1, 0.15) is 5.75 Å².